The minimum absolute atomic E-state index is 0.0191. The molecule has 1 aromatic carbocycles. The van der Waals surface area contributed by atoms with E-state index >= 15 is 0 Å². The van der Waals surface area contributed by atoms with Gasteiger partial charge in [-0.1, -0.05) is 18.2 Å². The summed E-state index contributed by atoms with van der Waals surface area (Å²) in [4.78, 5) is 27.5. The molecular weight excluding hydrogens is 308 g/mol. The van der Waals surface area contributed by atoms with Gasteiger partial charge in [-0.15, -0.1) is 0 Å². The van der Waals surface area contributed by atoms with E-state index in [1.165, 1.54) is 0 Å². The Balaban J connectivity index is 1.99. The highest BCUT2D eigenvalue weighted by Gasteiger charge is 2.31. The lowest BCUT2D eigenvalue weighted by Gasteiger charge is -2.40. The van der Waals surface area contributed by atoms with Gasteiger partial charge >= 0.3 is 12.1 Å². The van der Waals surface area contributed by atoms with Crippen LogP contribution in [-0.4, -0.2) is 58.2 Å². The highest BCUT2D eigenvalue weighted by molar-refractivity contribution is 5.89. The van der Waals surface area contributed by atoms with Crippen molar-refractivity contribution in [3.63, 3.8) is 0 Å². The number of benzene rings is 1. The molecule has 1 aliphatic rings. The van der Waals surface area contributed by atoms with Crippen molar-refractivity contribution in [2.75, 3.05) is 19.6 Å². The lowest BCUT2D eigenvalue weighted by molar-refractivity contribution is 0.000553. The van der Waals surface area contributed by atoms with Crippen LogP contribution in [0.25, 0.3) is 0 Å². The Bertz CT molecular complexity index is 609. The summed E-state index contributed by atoms with van der Waals surface area (Å²) in [5.41, 5.74) is 0.622. The molecule has 1 aromatic rings. The van der Waals surface area contributed by atoms with Gasteiger partial charge in [0, 0.05) is 32.2 Å². The van der Waals surface area contributed by atoms with Crippen LogP contribution in [0.5, 0.6) is 0 Å². The van der Waals surface area contributed by atoms with Gasteiger partial charge in [-0.3, -0.25) is 4.90 Å². The van der Waals surface area contributed by atoms with E-state index in [-0.39, 0.29) is 12.1 Å². The van der Waals surface area contributed by atoms with Crippen LogP contribution in [0.15, 0.2) is 24.3 Å². The molecule has 6 nitrogen and oxygen atoms in total. The summed E-state index contributed by atoms with van der Waals surface area (Å²) in [6, 6.07) is 7.07. The number of rotatable bonds is 3. The van der Waals surface area contributed by atoms with E-state index in [4.69, 9.17) is 4.74 Å². The third-order valence-electron chi connectivity index (χ3n) is 3.98. The normalized spacial score (nSPS) is 19.2. The van der Waals surface area contributed by atoms with Crippen molar-refractivity contribution >= 4 is 12.1 Å². The maximum Gasteiger partial charge on any atom is 0.410 e. The number of nitrogens with zero attached hydrogens (tertiary/aromatic N) is 2. The SMILES string of the molecule is C[C@H]1CN(Cc2ccccc2C(=O)O)CCN1C(=O)OC(C)(C)C. The largest absolute Gasteiger partial charge is 0.478 e. The summed E-state index contributed by atoms with van der Waals surface area (Å²) in [6.07, 6.45) is -0.291. The summed E-state index contributed by atoms with van der Waals surface area (Å²) in [5, 5.41) is 9.28. The number of ether oxygens (including phenoxy) is 1. The number of hydrogen-bond donors (Lipinski definition) is 1. The van der Waals surface area contributed by atoms with Crippen molar-refractivity contribution in [1.29, 1.82) is 0 Å². The molecule has 2 rings (SSSR count). The number of carboxylic acid groups (broad SMARTS) is 1. The molecule has 1 aliphatic heterocycles. The Kier molecular flexibility index (Phi) is 5.49. The molecule has 1 atom stereocenters. The molecule has 1 fully saturated rings. The lowest BCUT2D eigenvalue weighted by Crippen LogP contribution is -2.54. The molecule has 1 N–H and O–H groups in total. The molecule has 1 amide bonds. The number of carbonyl (C=O) groups excluding carboxylic acids is 1. The zero-order valence-electron chi connectivity index (χ0n) is 14.8. The average molecular weight is 334 g/mol. The zero-order valence-corrected chi connectivity index (χ0v) is 14.8. The molecule has 1 saturated heterocycles. The number of carboxylic acids is 1. The summed E-state index contributed by atoms with van der Waals surface area (Å²) in [7, 11) is 0. The lowest BCUT2D eigenvalue weighted by atomic mass is 10.1. The average Bonchev–Trinajstić information content (AvgIpc) is 2.45. The van der Waals surface area contributed by atoms with E-state index in [2.05, 4.69) is 4.90 Å². The monoisotopic (exact) mass is 334 g/mol. The number of aromatic carboxylic acids is 1. The van der Waals surface area contributed by atoms with Gasteiger partial charge in [0.2, 0.25) is 0 Å². The smallest absolute Gasteiger partial charge is 0.410 e. The Morgan fingerprint density at radius 3 is 2.50 bits per heavy atom. The Morgan fingerprint density at radius 1 is 1.25 bits per heavy atom. The van der Waals surface area contributed by atoms with E-state index in [9.17, 15) is 14.7 Å². The van der Waals surface area contributed by atoms with Crippen LogP contribution in [0.4, 0.5) is 4.79 Å². The fourth-order valence-corrected chi connectivity index (χ4v) is 2.88. The summed E-state index contributed by atoms with van der Waals surface area (Å²) < 4.78 is 5.44. The molecule has 0 aliphatic carbocycles. The highest BCUT2D eigenvalue weighted by Crippen LogP contribution is 2.18. The van der Waals surface area contributed by atoms with Crippen molar-refractivity contribution in [3.8, 4) is 0 Å². The highest BCUT2D eigenvalue weighted by atomic mass is 16.6. The van der Waals surface area contributed by atoms with Gasteiger partial charge in [0.05, 0.1) is 5.56 Å². The Morgan fingerprint density at radius 2 is 1.92 bits per heavy atom. The van der Waals surface area contributed by atoms with Crippen molar-refractivity contribution < 1.29 is 19.4 Å². The van der Waals surface area contributed by atoms with Crippen LogP contribution in [0, 0.1) is 0 Å². The first-order valence-electron chi connectivity index (χ1n) is 8.20. The van der Waals surface area contributed by atoms with Gasteiger partial charge in [-0.2, -0.15) is 0 Å². The summed E-state index contributed by atoms with van der Waals surface area (Å²) in [6.45, 7) is 10.1. The quantitative estimate of drug-likeness (QED) is 0.920. The van der Waals surface area contributed by atoms with Gasteiger partial charge in [0.15, 0.2) is 0 Å². The molecule has 0 bridgehead atoms. The molecule has 24 heavy (non-hydrogen) atoms. The third kappa shape index (κ3) is 4.71. The van der Waals surface area contributed by atoms with Crippen molar-refractivity contribution in [2.45, 2.75) is 45.9 Å². The molecule has 0 radical (unpaired) electrons. The predicted molar refractivity (Wildman–Crippen MR) is 91.1 cm³/mol. The standard InChI is InChI=1S/C18H26N2O4/c1-13-11-19(9-10-20(13)17(23)24-18(2,3)4)12-14-7-5-6-8-15(14)16(21)22/h5-8,13H,9-12H2,1-4H3,(H,21,22)/t13-/m0/s1. The van der Waals surface area contributed by atoms with Gasteiger partial charge in [-0.05, 0) is 39.3 Å². The first kappa shape index (κ1) is 18.3. The number of piperazine rings is 1. The Hall–Kier alpha value is -2.08. The predicted octanol–water partition coefficient (Wildman–Crippen LogP) is 2.83. The third-order valence-corrected chi connectivity index (χ3v) is 3.98. The molecule has 0 aromatic heterocycles. The molecular formula is C18H26N2O4. The summed E-state index contributed by atoms with van der Waals surface area (Å²) in [5.74, 6) is -0.911. The van der Waals surface area contributed by atoms with Crippen LogP contribution in [0.3, 0.4) is 0 Å². The maximum atomic E-state index is 12.2. The topological polar surface area (TPSA) is 70.1 Å². The fourth-order valence-electron chi connectivity index (χ4n) is 2.88. The first-order valence-corrected chi connectivity index (χ1v) is 8.20. The van der Waals surface area contributed by atoms with Crippen LogP contribution < -0.4 is 0 Å². The van der Waals surface area contributed by atoms with E-state index in [1.807, 2.05) is 39.8 Å². The first-order chi connectivity index (χ1) is 11.2. The maximum absolute atomic E-state index is 12.2. The molecule has 0 unspecified atom stereocenters. The number of carbonyl (C=O) groups is 2. The van der Waals surface area contributed by atoms with E-state index < -0.39 is 11.6 Å². The fraction of sp³-hybridized carbons (Fsp3) is 0.556. The Labute approximate surface area is 143 Å². The van der Waals surface area contributed by atoms with Crippen LogP contribution >= 0.6 is 0 Å². The second kappa shape index (κ2) is 7.21. The van der Waals surface area contributed by atoms with Gasteiger partial charge < -0.3 is 14.7 Å². The number of amides is 1. The van der Waals surface area contributed by atoms with Crippen molar-refractivity contribution in [1.82, 2.24) is 9.80 Å². The molecule has 0 spiro atoms. The minimum atomic E-state index is -0.911. The molecule has 132 valence electrons. The van der Waals surface area contributed by atoms with E-state index in [0.717, 1.165) is 5.56 Å². The molecule has 1 heterocycles. The van der Waals surface area contributed by atoms with Crippen molar-refractivity contribution in [2.24, 2.45) is 0 Å². The molecule has 6 heteroatoms. The zero-order chi connectivity index (χ0) is 17.9. The van der Waals surface area contributed by atoms with Gasteiger partial charge in [0.25, 0.3) is 0 Å². The summed E-state index contributed by atoms with van der Waals surface area (Å²) >= 11 is 0. The minimum Gasteiger partial charge on any atom is -0.478 e. The van der Waals surface area contributed by atoms with Gasteiger partial charge in [-0.25, -0.2) is 9.59 Å². The van der Waals surface area contributed by atoms with Crippen LogP contribution in [0.2, 0.25) is 0 Å². The number of hydrogen-bond acceptors (Lipinski definition) is 4. The second-order valence-corrected chi connectivity index (χ2v) is 7.22. The second-order valence-electron chi connectivity index (χ2n) is 7.22. The van der Waals surface area contributed by atoms with Crippen molar-refractivity contribution in [3.05, 3.63) is 35.4 Å². The molecule has 0 saturated carbocycles. The van der Waals surface area contributed by atoms with Gasteiger partial charge in [0.1, 0.15) is 5.60 Å². The van der Waals surface area contributed by atoms with Crippen LogP contribution in [0.1, 0.15) is 43.6 Å². The van der Waals surface area contributed by atoms with E-state index in [1.54, 1.807) is 17.0 Å². The van der Waals surface area contributed by atoms with E-state index in [0.29, 0.717) is 31.7 Å². The van der Waals surface area contributed by atoms with Crippen LogP contribution in [-0.2, 0) is 11.3 Å².